The van der Waals surface area contributed by atoms with Gasteiger partial charge in [-0.15, -0.1) is 0 Å². The van der Waals surface area contributed by atoms with Gasteiger partial charge in [-0.25, -0.2) is 16.8 Å². The minimum absolute atomic E-state index is 0. The third kappa shape index (κ3) is 31.1. The number of unbranched alkanes of at least 4 members (excludes halogenated alkanes) is 28. The topological polar surface area (TPSA) is 114 Å². The Hall–Kier alpha value is -0.480. The van der Waals surface area contributed by atoms with Crippen molar-refractivity contribution in [2.45, 2.75) is 255 Å². The summed E-state index contributed by atoms with van der Waals surface area (Å²) in [5.74, 6) is 0.216. The second-order valence-electron chi connectivity index (χ2n) is 17.3. The maximum atomic E-state index is 11.4. The first kappa shape index (κ1) is 58.5. The first-order valence-corrected chi connectivity index (χ1v) is 26.8. The summed E-state index contributed by atoms with van der Waals surface area (Å²) in [5.41, 5.74) is 1.35. The number of rotatable bonds is 36. The normalized spacial score (nSPS) is 12.7. The van der Waals surface area contributed by atoms with Gasteiger partial charge in [0.2, 0.25) is 0 Å². The van der Waals surface area contributed by atoms with Gasteiger partial charge in [-0.3, -0.25) is 0 Å². The Labute approximate surface area is 395 Å². The van der Waals surface area contributed by atoms with E-state index in [2.05, 4.69) is 13.8 Å². The molecule has 59 heavy (non-hydrogen) atoms. The van der Waals surface area contributed by atoms with Crippen molar-refractivity contribution in [1.82, 2.24) is 0 Å². The Kier molecular flexibility index (Phi) is 37.7. The average molecular weight is 887 g/mol. The molecule has 0 aliphatic heterocycles. The molecule has 0 N–H and O–H groups in total. The molecule has 6 nitrogen and oxygen atoms in total. The fourth-order valence-electron chi connectivity index (χ4n) is 8.19. The molecule has 0 saturated heterocycles. The van der Waals surface area contributed by atoms with Crippen molar-refractivity contribution < 1.29 is 25.9 Å². The van der Waals surface area contributed by atoms with E-state index in [1.807, 2.05) is 26.0 Å². The Bertz CT molecular complexity index is 1370. The van der Waals surface area contributed by atoms with E-state index in [9.17, 15) is 25.9 Å². The molecule has 9 heteroatoms. The van der Waals surface area contributed by atoms with Crippen LogP contribution in [0.2, 0.25) is 0 Å². The molecule has 0 saturated carbocycles. The predicted octanol–water partition coefficient (Wildman–Crippen LogP) is 15.5. The van der Waals surface area contributed by atoms with Crippen LogP contribution < -0.4 is 0 Å². The van der Waals surface area contributed by atoms with Crippen molar-refractivity contribution in [3.8, 4) is 0 Å². The second kappa shape index (κ2) is 38.0. The fourth-order valence-corrected chi connectivity index (χ4v) is 9.79. The average Bonchev–Trinajstić information content (AvgIpc) is 3.20. The van der Waals surface area contributed by atoms with Crippen LogP contribution in [-0.4, -0.2) is 63.7 Å². The van der Waals surface area contributed by atoms with Crippen molar-refractivity contribution in [2.75, 3.05) is 0 Å². The summed E-state index contributed by atoms with van der Waals surface area (Å²) in [6.07, 6.45) is 42.1. The summed E-state index contributed by atoms with van der Waals surface area (Å²) in [7, 11) is -8.78. The van der Waals surface area contributed by atoms with Crippen LogP contribution in [0.15, 0.2) is 58.3 Å². The summed E-state index contributed by atoms with van der Waals surface area (Å²) in [4.78, 5) is -0.0954. The van der Waals surface area contributed by atoms with E-state index in [0.29, 0.717) is 11.1 Å². The first-order chi connectivity index (χ1) is 27.9. The summed E-state index contributed by atoms with van der Waals surface area (Å²) in [5, 5.41) is 0. The van der Waals surface area contributed by atoms with E-state index in [4.69, 9.17) is 0 Å². The largest absolute Gasteiger partial charge is 2.00 e. The van der Waals surface area contributed by atoms with Crippen LogP contribution in [0.1, 0.15) is 256 Å². The van der Waals surface area contributed by atoms with Gasteiger partial charge in [0.15, 0.2) is 0 Å². The molecule has 0 bridgehead atoms. The fraction of sp³-hybridized carbons (Fsp3) is 0.760. The monoisotopic (exact) mass is 887 g/mol. The van der Waals surface area contributed by atoms with Crippen LogP contribution in [0.3, 0.4) is 0 Å². The van der Waals surface area contributed by atoms with E-state index in [-0.39, 0.29) is 59.4 Å². The van der Waals surface area contributed by atoms with Crippen molar-refractivity contribution >= 4 is 58.0 Å². The zero-order valence-corrected chi connectivity index (χ0v) is 42.2. The van der Waals surface area contributed by atoms with Gasteiger partial charge < -0.3 is 9.11 Å². The van der Waals surface area contributed by atoms with Gasteiger partial charge in [0.1, 0.15) is 20.2 Å². The van der Waals surface area contributed by atoms with Gasteiger partial charge in [-0.2, -0.15) is 0 Å². The maximum Gasteiger partial charge on any atom is 2.00 e. The van der Waals surface area contributed by atoms with E-state index in [1.165, 1.54) is 192 Å². The molecule has 0 aliphatic carbocycles. The molecule has 2 aromatic rings. The molecule has 2 unspecified atom stereocenters. The van der Waals surface area contributed by atoms with Gasteiger partial charge in [-0.05, 0) is 47.9 Å². The zero-order chi connectivity index (χ0) is 42.7. The molecule has 2 atom stereocenters. The molecule has 2 rings (SSSR count). The molecule has 0 radical (unpaired) electrons. The van der Waals surface area contributed by atoms with Crippen LogP contribution in [-0.2, 0) is 20.2 Å². The van der Waals surface area contributed by atoms with Crippen LogP contribution in [0.25, 0.3) is 0 Å². The second-order valence-corrected chi connectivity index (χ2v) is 20.0. The van der Waals surface area contributed by atoms with Crippen molar-refractivity contribution in [3.05, 3.63) is 59.7 Å². The smallest absolute Gasteiger partial charge is 0.744 e. The summed E-state index contributed by atoms with van der Waals surface area (Å²) >= 11 is 0. The van der Waals surface area contributed by atoms with Crippen molar-refractivity contribution in [1.29, 1.82) is 0 Å². The Balaban J connectivity index is 0.00000112. The molecular formula is C50H86CaO6S2. The molecule has 0 amide bonds. The molecule has 2 aromatic carbocycles. The van der Waals surface area contributed by atoms with Gasteiger partial charge >= 0.3 is 37.7 Å². The number of hydrogen-bond donors (Lipinski definition) is 0. The minimum atomic E-state index is -4.39. The van der Waals surface area contributed by atoms with E-state index >= 15 is 0 Å². The quantitative estimate of drug-likeness (QED) is 0.0382. The molecule has 0 fully saturated rings. The van der Waals surface area contributed by atoms with E-state index in [0.717, 1.165) is 25.7 Å². The van der Waals surface area contributed by atoms with Crippen molar-refractivity contribution in [3.63, 3.8) is 0 Å². The van der Waals surface area contributed by atoms with Gasteiger partial charge in [-0.1, -0.05) is 257 Å². The number of hydrogen-bond acceptors (Lipinski definition) is 6. The van der Waals surface area contributed by atoms with Gasteiger partial charge in [0.25, 0.3) is 0 Å². The minimum Gasteiger partial charge on any atom is -0.744 e. The standard InChI is InChI=1S/2C25H44O3S.Ca/c2*1-3-4-5-6-7-8-9-10-11-12-13-14-15-16-17-20-23(2)24-21-18-19-22-25(24)29(26,27)28;/h2*18-19,21-23H,3-17,20H2,1-2H3,(H,26,27,28);/q;;+2/p-2. The summed E-state index contributed by atoms with van der Waals surface area (Å²) < 4.78 is 68.5. The Morgan fingerprint density at radius 3 is 0.797 bits per heavy atom. The molecule has 0 spiro atoms. The van der Waals surface area contributed by atoms with E-state index in [1.54, 1.807) is 24.3 Å². The molecular weight excluding hydrogens is 801 g/mol. The van der Waals surface area contributed by atoms with Gasteiger partial charge in [0, 0.05) is 0 Å². The first-order valence-electron chi connectivity index (χ1n) is 24.0. The van der Waals surface area contributed by atoms with Crippen LogP contribution in [0, 0.1) is 0 Å². The third-order valence-corrected chi connectivity index (χ3v) is 13.7. The number of benzene rings is 2. The predicted molar refractivity (Wildman–Crippen MR) is 250 cm³/mol. The summed E-state index contributed by atoms with van der Waals surface area (Å²) in [6.45, 7) is 8.58. The SMILES string of the molecule is CCCCCCCCCCCCCCCCCC(C)c1ccccc1S(=O)(=O)[O-].CCCCCCCCCCCCCCCCCC(C)c1ccccc1S(=O)(=O)[O-].[Ca+2]. The van der Waals surface area contributed by atoms with Crippen LogP contribution in [0.4, 0.5) is 0 Å². The van der Waals surface area contributed by atoms with Crippen molar-refractivity contribution in [2.24, 2.45) is 0 Å². The maximum absolute atomic E-state index is 11.4. The molecule has 336 valence electrons. The Morgan fingerprint density at radius 1 is 0.373 bits per heavy atom. The summed E-state index contributed by atoms with van der Waals surface area (Å²) in [6, 6.07) is 13.3. The molecule has 0 aliphatic rings. The Morgan fingerprint density at radius 2 is 0.576 bits per heavy atom. The molecule has 0 heterocycles. The zero-order valence-electron chi connectivity index (χ0n) is 38.4. The van der Waals surface area contributed by atoms with E-state index < -0.39 is 20.2 Å². The third-order valence-electron chi connectivity index (χ3n) is 11.9. The van der Waals surface area contributed by atoms with Gasteiger partial charge in [0.05, 0.1) is 9.79 Å². The van der Waals surface area contributed by atoms with Crippen LogP contribution >= 0.6 is 0 Å². The van der Waals surface area contributed by atoms with Crippen LogP contribution in [0.5, 0.6) is 0 Å². The molecule has 0 aromatic heterocycles.